The molecule has 0 bridgehead atoms. The topological polar surface area (TPSA) is 118 Å². The van der Waals surface area contributed by atoms with Gasteiger partial charge in [-0.2, -0.15) is 5.10 Å². The highest BCUT2D eigenvalue weighted by atomic mass is 16.5. The van der Waals surface area contributed by atoms with Crippen molar-refractivity contribution in [2.75, 3.05) is 19.0 Å². The van der Waals surface area contributed by atoms with Crippen LogP contribution < -0.4 is 25.5 Å². The number of hydrazone groups is 1. The van der Waals surface area contributed by atoms with Crippen LogP contribution >= 0.6 is 0 Å². The zero-order valence-corrected chi connectivity index (χ0v) is 20.3. The van der Waals surface area contributed by atoms with Crippen LogP contribution in [0.25, 0.3) is 0 Å². The molecule has 3 N–H and O–H groups in total. The number of para-hydroxylation sites is 1. The summed E-state index contributed by atoms with van der Waals surface area (Å²) in [7, 11) is 1.47. The van der Waals surface area contributed by atoms with Gasteiger partial charge in [0.25, 0.3) is 5.91 Å². The lowest BCUT2D eigenvalue weighted by atomic mass is 10.1. The Balaban J connectivity index is 1.58. The molecule has 186 valence electrons. The van der Waals surface area contributed by atoms with E-state index >= 15 is 0 Å². The molecule has 0 heterocycles. The van der Waals surface area contributed by atoms with Crippen molar-refractivity contribution < 1.29 is 23.9 Å². The predicted molar refractivity (Wildman–Crippen MR) is 137 cm³/mol. The quantitative estimate of drug-likeness (QED) is 0.243. The molecular formula is C27H28N4O5. The number of aryl methyl sites for hydroxylation is 2. The minimum absolute atomic E-state index is 0.251. The van der Waals surface area contributed by atoms with Crippen LogP contribution in [0, 0.1) is 13.8 Å². The molecule has 3 amide bonds. The van der Waals surface area contributed by atoms with Gasteiger partial charge in [0.1, 0.15) is 0 Å². The summed E-state index contributed by atoms with van der Waals surface area (Å²) in [6.07, 6.45) is 1.31. The fraction of sp³-hybridized carbons (Fsp3) is 0.185. The van der Waals surface area contributed by atoms with E-state index in [9.17, 15) is 14.4 Å². The normalized spacial score (nSPS) is 10.5. The SMILES string of the molecule is COc1cccc(/C=N\NC(=O)C(=O)Nc2ccc(C)c(C)c2)c1OCC(=O)NCc1ccccc1. The van der Waals surface area contributed by atoms with Gasteiger partial charge in [0.15, 0.2) is 18.1 Å². The highest BCUT2D eigenvalue weighted by molar-refractivity contribution is 6.39. The molecule has 3 rings (SSSR count). The molecule has 0 aliphatic heterocycles. The monoisotopic (exact) mass is 488 g/mol. The van der Waals surface area contributed by atoms with Gasteiger partial charge in [-0.3, -0.25) is 14.4 Å². The first-order valence-corrected chi connectivity index (χ1v) is 11.2. The van der Waals surface area contributed by atoms with E-state index in [0.29, 0.717) is 23.5 Å². The third kappa shape index (κ3) is 7.42. The molecule has 3 aromatic carbocycles. The Kier molecular flexibility index (Phi) is 9.16. The van der Waals surface area contributed by atoms with Gasteiger partial charge in [0, 0.05) is 17.8 Å². The Morgan fingerprint density at radius 2 is 1.69 bits per heavy atom. The molecule has 9 nitrogen and oxygen atoms in total. The molecular weight excluding hydrogens is 460 g/mol. The fourth-order valence-electron chi connectivity index (χ4n) is 3.15. The summed E-state index contributed by atoms with van der Waals surface area (Å²) in [5.74, 6) is -1.45. The van der Waals surface area contributed by atoms with Crippen LogP contribution in [0.1, 0.15) is 22.3 Å². The molecule has 3 aromatic rings. The van der Waals surface area contributed by atoms with Crippen molar-refractivity contribution in [1.82, 2.24) is 10.7 Å². The fourth-order valence-corrected chi connectivity index (χ4v) is 3.15. The van der Waals surface area contributed by atoms with E-state index in [0.717, 1.165) is 16.7 Å². The standard InChI is InChI=1S/C27H28N4O5/c1-18-12-13-22(14-19(18)2)30-26(33)27(34)31-29-16-21-10-7-11-23(35-3)25(21)36-17-24(32)28-15-20-8-5-4-6-9-20/h4-14,16H,15,17H2,1-3H3,(H,28,32)(H,30,33)(H,31,34)/b29-16-. The Morgan fingerprint density at radius 3 is 2.42 bits per heavy atom. The second-order valence-corrected chi connectivity index (χ2v) is 7.88. The highest BCUT2D eigenvalue weighted by Gasteiger charge is 2.15. The predicted octanol–water partition coefficient (Wildman–Crippen LogP) is 3.10. The Bertz CT molecular complexity index is 1260. The number of nitrogens with one attached hydrogen (secondary N) is 3. The largest absolute Gasteiger partial charge is 0.493 e. The maximum absolute atomic E-state index is 12.3. The van der Waals surface area contributed by atoms with Crippen molar-refractivity contribution in [1.29, 1.82) is 0 Å². The third-order valence-corrected chi connectivity index (χ3v) is 5.25. The van der Waals surface area contributed by atoms with Crippen LogP contribution in [0.2, 0.25) is 0 Å². The van der Waals surface area contributed by atoms with Crippen molar-refractivity contribution in [3.05, 3.63) is 89.0 Å². The van der Waals surface area contributed by atoms with Crippen LogP contribution in [0.15, 0.2) is 71.8 Å². The highest BCUT2D eigenvalue weighted by Crippen LogP contribution is 2.30. The van der Waals surface area contributed by atoms with Gasteiger partial charge in [0.2, 0.25) is 0 Å². The lowest BCUT2D eigenvalue weighted by Crippen LogP contribution is -2.32. The van der Waals surface area contributed by atoms with Gasteiger partial charge in [-0.05, 0) is 54.8 Å². The molecule has 0 aromatic heterocycles. The Morgan fingerprint density at radius 1 is 0.917 bits per heavy atom. The van der Waals surface area contributed by atoms with Crippen molar-refractivity contribution in [3.8, 4) is 11.5 Å². The smallest absolute Gasteiger partial charge is 0.329 e. The summed E-state index contributed by atoms with van der Waals surface area (Å²) in [6, 6.07) is 19.9. The number of benzene rings is 3. The summed E-state index contributed by atoms with van der Waals surface area (Å²) in [5.41, 5.74) is 6.18. The number of nitrogens with zero attached hydrogens (tertiary/aromatic N) is 1. The second-order valence-electron chi connectivity index (χ2n) is 7.88. The van der Waals surface area contributed by atoms with E-state index in [-0.39, 0.29) is 18.3 Å². The molecule has 0 atom stereocenters. The maximum Gasteiger partial charge on any atom is 0.329 e. The molecule has 9 heteroatoms. The number of hydrogen-bond acceptors (Lipinski definition) is 6. The van der Waals surface area contributed by atoms with Gasteiger partial charge in [0.05, 0.1) is 13.3 Å². The first-order valence-electron chi connectivity index (χ1n) is 11.2. The average Bonchev–Trinajstić information content (AvgIpc) is 2.89. The van der Waals surface area contributed by atoms with Crippen LogP contribution in [0.5, 0.6) is 11.5 Å². The number of carbonyl (C=O) groups is 3. The van der Waals surface area contributed by atoms with Crippen LogP contribution in [0.4, 0.5) is 5.69 Å². The number of amides is 3. The summed E-state index contributed by atoms with van der Waals surface area (Å²) in [5, 5.41) is 9.17. The minimum atomic E-state index is -0.935. The molecule has 0 radical (unpaired) electrons. The van der Waals surface area contributed by atoms with E-state index in [4.69, 9.17) is 9.47 Å². The van der Waals surface area contributed by atoms with Crippen molar-refractivity contribution in [3.63, 3.8) is 0 Å². The zero-order valence-electron chi connectivity index (χ0n) is 20.3. The molecule has 0 unspecified atom stereocenters. The number of carbonyl (C=O) groups excluding carboxylic acids is 3. The molecule has 0 fully saturated rings. The van der Waals surface area contributed by atoms with Gasteiger partial charge in [-0.25, -0.2) is 5.43 Å². The lowest BCUT2D eigenvalue weighted by molar-refractivity contribution is -0.136. The second kappa shape index (κ2) is 12.7. The van der Waals surface area contributed by atoms with Gasteiger partial charge in [-0.15, -0.1) is 0 Å². The van der Waals surface area contributed by atoms with Gasteiger partial charge >= 0.3 is 11.8 Å². The van der Waals surface area contributed by atoms with Crippen molar-refractivity contribution in [2.24, 2.45) is 5.10 Å². The number of methoxy groups -OCH3 is 1. The first-order chi connectivity index (χ1) is 17.4. The molecule has 36 heavy (non-hydrogen) atoms. The van der Waals surface area contributed by atoms with Gasteiger partial charge in [-0.1, -0.05) is 42.5 Å². The Hall–Kier alpha value is -4.66. The number of rotatable bonds is 9. The summed E-state index contributed by atoms with van der Waals surface area (Å²) < 4.78 is 11.0. The minimum Gasteiger partial charge on any atom is -0.493 e. The van der Waals surface area contributed by atoms with Crippen LogP contribution in [-0.2, 0) is 20.9 Å². The number of anilines is 1. The molecule has 0 saturated heterocycles. The van der Waals surface area contributed by atoms with E-state index in [1.165, 1.54) is 13.3 Å². The molecule has 0 aliphatic rings. The van der Waals surface area contributed by atoms with Crippen LogP contribution in [0.3, 0.4) is 0 Å². The molecule has 0 saturated carbocycles. The van der Waals surface area contributed by atoms with Gasteiger partial charge < -0.3 is 20.1 Å². The first kappa shape index (κ1) is 26.0. The molecule has 0 spiro atoms. The van der Waals surface area contributed by atoms with Crippen molar-refractivity contribution in [2.45, 2.75) is 20.4 Å². The van der Waals surface area contributed by atoms with E-state index in [1.807, 2.05) is 50.2 Å². The van der Waals surface area contributed by atoms with E-state index in [2.05, 4.69) is 21.2 Å². The van der Waals surface area contributed by atoms with Crippen LogP contribution in [-0.4, -0.2) is 37.7 Å². The summed E-state index contributed by atoms with van der Waals surface area (Å²) in [4.78, 5) is 36.6. The zero-order chi connectivity index (χ0) is 25.9. The number of hydrogen-bond donors (Lipinski definition) is 3. The molecule has 0 aliphatic carbocycles. The maximum atomic E-state index is 12.3. The Labute approximate surface area is 209 Å². The lowest BCUT2D eigenvalue weighted by Gasteiger charge is -2.13. The summed E-state index contributed by atoms with van der Waals surface area (Å²) >= 11 is 0. The number of ether oxygens (including phenoxy) is 2. The van der Waals surface area contributed by atoms with E-state index in [1.54, 1.807) is 30.3 Å². The van der Waals surface area contributed by atoms with E-state index < -0.39 is 11.8 Å². The third-order valence-electron chi connectivity index (χ3n) is 5.25. The van der Waals surface area contributed by atoms with Crippen molar-refractivity contribution >= 4 is 29.6 Å². The average molecular weight is 489 g/mol. The summed E-state index contributed by atoms with van der Waals surface area (Å²) in [6.45, 7) is 3.99.